The first-order valence-corrected chi connectivity index (χ1v) is 8.31. The highest BCUT2D eigenvalue weighted by Gasteiger charge is 2.15. The third-order valence-electron chi connectivity index (χ3n) is 3.66. The number of ether oxygens (including phenoxy) is 1. The lowest BCUT2D eigenvalue weighted by atomic mass is 10.1. The molecule has 1 heterocycles. The molecule has 0 saturated carbocycles. The first kappa shape index (κ1) is 16.1. The number of esters is 1. The van der Waals surface area contributed by atoms with Gasteiger partial charge < -0.3 is 9.64 Å². The Morgan fingerprint density at radius 1 is 1.33 bits per heavy atom. The van der Waals surface area contributed by atoms with E-state index in [0.717, 1.165) is 23.1 Å². The number of nitrogens with zero attached hydrogens (tertiary/aromatic N) is 1. The van der Waals surface area contributed by atoms with Crippen LogP contribution in [0.5, 0.6) is 0 Å². The SMILES string of the molecule is CCOC(=O)/C(C)=C/c1cc(Br)ccc1N1CCCCC1. The Morgan fingerprint density at radius 3 is 2.71 bits per heavy atom. The van der Waals surface area contributed by atoms with Gasteiger partial charge >= 0.3 is 5.97 Å². The Kier molecular flexibility index (Phi) is 5.85. The summed E-state index contributed by atoms with van der Waals surface area (Å²) < 4.78 is 6.08. The highest BCUT2D eigenvalue weighted by atomic mass is 79.9. The molecule has 114 valence electrons. The third kappa shape index (κ3) is 4.34. The van der Waals surface area contributed by atoms with Gasteiger partial charge in [-0.25, -0.2) is 4.79 Å². The van der Waals surface area contributed by atoms with Crippen LogP contribution in [-0.2, 0) is 9.53 Å². The van der Waals surface area contributed by atoms with Gasteiger partial charge in [-0.15, -0.1) is 0 Å². The molecule has 1 aliphatic heterocycles. The van der Waals surface area contributed by atoms with E-state index < -0.39 is 0 Å². The van der Waals surface area contributed by atoms with Crippen LogP contribution in [0.1, 0.15) is 38.7 Å². The number of halogens is 1. The summed E-state index contributed by atoms with van der Waals surface area (Å²) in [7, 11) is 0. The van der Waals surface area contributed by atoms with Crippen LogP contribution >= 0.6 is 15.9 Å². The number of anilines is 1. The van der Waals surface area contributed by atoms with Crippen LogP contribution in [0.3, 0.4) is 0 Å². The predicted octanol–water partition coefficient (Wildman–Crippen LogP) is 4.41. The maximum atomic E-state index is 11.8. The Balaban J connectivity index is 2.30. The van der Waals surface area contributed by atoms with Crippen LogP contribution in [-0.4, -0.2) is 25.7 Å². The molecular formula is C17H22BrNO2. The van der Waals surface area contributed by atoms with Crippen molar-refractivity contribution in [1.29, 1.82) is 0 Å². The molecule has 0 amide bonds. The summed E-state index contributed by atoms with van der Waals surface area (Å²) in [5.74, 6) is -0.248. The number of hydrogen-bond acceptors (Lipinski definition) is 3. The molecule has 0 bridgehead atoms. The van der Waals surface area contributed by atoms with Crippen molar-refractivity contribution in [2.45, 2.75) is 33.1 Å². The van der Waals surface area contributed by atoms with E-state index >= 15 is 0 Å². The summed E-state index contributed by atoms with van der Waals surface area (Å²) in [6, 6.07) is 6.24. The molecule has 21 heavy (non-hydrogen) atoms. The largest absolute Gasteiger partial charge is 0.463 e. The van der Waals surface area contributed by atoms with E-state index in [1.165, 1.54) is 24.9 Å². The monoisotopic (exact) mass is 351 g/mol. The number of hydrogen-bond donors (Lipinski definition) is 0. The van der Waals surface area contributed by atoms with E-state index in [1.807, 2.05) is 13.0 Å². The fraction of sp³-hybridized carbons (Fsp3) is 0.471. The summed E-state index contributed by atoms with van der Waals surface area (Å²) >= 11 is 3.51. The van der Waals surface area contributed by atoms with E-state index in [4.69, 9.17) is 4.74 Å². The van der Waals surface area contributed by atoms with Crippen molar-refractivity contribution in [1.82, 2.24) is 0 Å². The van der Waals surface area contributed by atoms with Crippen LogP contribution in [0.15, 0.2) is 28.2 Å². The van der Waals surface area contributed by atoms with Gasteiger partial charge in [0.15, 0.2) is 0 Å². The van der Waals surface area contributed by atoms with Gasteiger partial charge in [-0.1, -0.05) is 15.9 Å². The second-order valence-electron chi connectivity index (χ2n) is 5.30. The molecule has 0 aromatic heterocycles. The van der Waals surface area contributed by atoms with Crippen molar-refractivity contribution < 1.29 is 9.53 Å². The van der Waals surface area contributed by atoms with Crippen molar-refractivity contribution in [3.63, 3.8) is 0 Å². The number of piperidine rings is 1. The van der Waals surface area contributed by atoms with E-state index in [9.17, 15) is 4.79 Å². The highest BCUT2D eigenvalue weighted by Crippen LogP contribution is 2.29. The molecule has 1 aromatic rings. The number of carbonyl (C=O) groups is 1. The smallest absolute Gasteiger partial charge is 0.333 e. The number of rotatable bonds is 4. The molecule has 0 unspecified atom stereocenters. The standard InChI is InChI=1S/C17H22BrNO2/c1-3-21-17(20)13(2)11-14-12-15(18)7-8-16(14)19-9-5-4-6-10-19/h7-8,11-12H,3-6,9-10H2,1-2H3/b13-11+. The van der Waals surface area contributed by atoms with Gasteiger partial charge in [-0.05, 0) is 62.9 Å². The van der Waals surface area contributed by atoms with Crippen molar-refractivity contribution in [2.24, 2.45) is 0 Å². The molecular weight excluding hydrogens is 330 g/mol. The maximum Gasteiger partial charge on any atom is 0.333 e. The van der Waals surface area contributed by atoms with E-state index in [-0.39, 0.29) is 5.97 Å². The van der Waals surface area contributed by atoms with Gasteiger partial charge in [0.1, 0.15) is 0 Å². The topological polar surface area (TPSA) is 29.5 Å². The minimum atomic E-state index is -0.248. The maximum absolute atomic E-state index is 11.8. The second-order valence-corrected chi connectivity index (χ2v) is 6.21. The van der Waals surface area contributed by atoms with Gasteiger partial charge in [0.25, 0.3) is 0 Å². The zero-order valence-electron chi connectivity index (χ0n) is 12.7. The minimum Gasteiger partial charge on any atom is -0.463 e. The molecule has 4 heteroatoms. The molecule has 1 aromatic carbocycles. The third-order valence-corrected chi connectivity index (χ3v) is 4.15. The highest BCUT2D eigenvalue weighted by molar-refractivity contribution is 9.10. The minimum absolute atomic E-state index is 0.248. The Bertz CT molecular complexity index is 534. The molecule has 1 fully saturated rings. The van der Waals surface area contributed by atoms with E-state index in [0.29, 0.717) is 12.2 Å². The molecule has 0 radical (unpaired) electrons. The first-order chi connectivity index (χ1) is 10.1. The fourth-order valence-electron chi connectivity index (χ4n) is 2.60. The van der Waals surface area contributed by atoms with E-state index in [1.54, 1.807) is 6.92 Å². The van der Waals surface area contributed by atoms with Gasteiger partial charge in [0.05, 0.1) is 6.61 Å². The van der Waals surface area contributed by atoms with Crippen LogP contribution < -0.4 is 4.90 Å². The zero-order chi connectivity index (χ0) is 15.2. The summed E-state index contributed by atoms with van der Waals surface area (Å²) in [6.45, 7) is 6.20. The average molecular weight is 352 g/mol. The summed E-state index contributed by atoms with van der Waals surface area (Å²) in [5.41, 5.74) is 2.89. The Morgan fingerprint density at radius 2 is 2.05 bits per heavy atom. The number of carbonyl (C=O) groups excluding carboxylic acids is 1. The van der Waals surface area contributed by atoms with Crippen LogP contribution in [0.25, 0.3) is 6.08 Å². The summed E-state index contributed by atoms with van der Waals surface area (Å²) in [4.78, 5) is 14.2. The van der Waals surface area contributed by atoms with Crippen LogP contribution in [0, 0.1) is 0 Å². The summed E-state index contributed by atoms with van der Waals surface area (Å²) in [5, 5.41) is 0. The molecule has 0 aliphatic carbocycles. The Hall–Kier alpha value is -1.29. The van der Waals surface area contributed by atoms with E-state index in [2.05, 4.69) is 39.0 Å². The quantitative estimate of drug-likeness (QED) is 0.594. The molecule has 2 rings (SSSR count). The lowest BCUT2D eigenvalue weighted by molar-refractivity contribution is -0.138. The zero-order valence-corrected chi connectivity index (χ0v) is 14.3. The van der Waals surface area contributed by atoms with Gasteiger partial charge in [0.2, 0.25) is 0 Å². The lowest BCUT2D eigenvalue weighted by Gasteiger charge is -2.30. The van der Waals surface area contributed by atoms with Gasteiger partial charge in [-0.3, -0.25) is 0 Å². The van der Waals surface area contributed by atoms with Crippen molar-refractivity contribution in [2.75, 3.05) is 24.6 Å². The molecule has 3 nitrogen and oxygen atoms in total. The van der Waals surface area contributed by atoms with Crippen molar-refractivity contribution in [3.05, 3.63) is 33.8 Å². The van der Waals surface area contributed by atoms with Crippen LogP contribution in [0.4, 0.5) is 5.69 Å². The molecule has 0 N–H and O–H groups in total. The molecule has 0 spiro atoms. The predicted molar refractivity (Wildman–Crippen MR) is 90.5 cm³/mol. The van der Waals surface area contributed by atoms with Gasteiger partial charge in [0, 0.05) is 28.8 Å². The Labute approximate surface area is 135 Å². The lowest BCUT2D eigenvalue weighted by Crippen LogP contribution is -2.29. The van der Waals surface area contributed by atoms with Gasteiger partial charge in [-0.2, -0.15) is 0 Å². The molecule has 1 saturated heterocycles. The molecule has 1 aliphatic rings. The van der Waals surface area contributed by atoms with Crippen LogP contribution in [0.2, 0.25) is 0 Å². The molecule has 0 atom stereocenters. The fourth-order valence-corrected chi connectivity index (χ4v) is 2.98. The van der Waals surface area contributed by atoms with Crippen molar-refractivity contribution >= 4 is 33.7 Å². The summed E-state index contributed by atoms with van der Waals surface area (Å²) in [6.07, 6.45) is 5.69. The van der Waals surface area contributed by atoms with Crippen molar-refractivity contribution in [3.8, 4) is 0 Å². The second kappa shape index (κ2) is 7.64. The first-order valence-electron chi connectivity index (χ1n) is 7.51. The average Bonchev–Trinajstić information content (AvgIpc) is 2.48. The number of benzene rings is 1. The normalized spacial score (nSPS) is 16.0.